The van der Waals surface area contributed by atoms with Crippen molar-refractivity contribution in [1.82, 2.24) is 14.5 Å². The summed E-state index contributed by atoms with van der Waals surface area (Å²) in [5.41, 5.74) is -0.0121. The highest BCUT2D eigenvalue weighted by molar-refractivity contribution is 7.89. The second-order valence-electron chi connectivity index (χ2n) is 7.63. The molecule has 7 heteroatoms. The summed E-state index contributed by atoms with van der Waals surface area (Å²) in [7, 11) is 0.818. The van der Waals surface area contributed by atoms with E-state index in [9.17, 15) is 13.2 Å². The number of piperidine rings is 1. The molecule has 1 fully saturated rings. The fourth-order valence-electron chi connectivity index (χ4n) is 3.18. The van der Waals surface area contributed by atoms with Crippen molar-refractivity contribution in [3.63, 3.8) is 0 Å². The number of hydrogen-bond acceptors (Lipinski definition) is 4. The van der Waals surface area contributed by atoms with E-state index in [1.807, 2.05) is 21.0 Å². The smallest absolute Gasteiger partial charge is 0.224 e. The zero-order valence-corrected chi connectivity index (χ0v) is 16.1. The summed E-state index contributed by atoms with van der Waals surface area (Å²) in [5.74, 6) is -0.0872. The number of rotatable bonds is 8. The van der Waals surface area contributed by atoms with Gasteiger partial charge >= 0.3 is 0 Å². The summed E-state index contributed by atoms with van der Waals surface area (Å²) in [6.07, 6.45) is 2.12. The van der Waals surface area contributed by atoms with Crippen LogP contribution in [-0.2, 0) is 14.8 Å². The Hall–Kier alpha value is -0.660. The van der Waals surface area contributed by atoms with Crippen molar-refractivity contribution in [2.24, 2.45) is 11.3 Å². The van der Waals surface area contributed by atoms with Gasteiger partial charge in [-0.2, -0.15) is 0 Å². The Balaban J connectivity index is 2.57. The molecule has 1 rings (SSSR count). The molecular formula is C16H33N3O3S. The molecule has 0 radical (unpaired) electrons. The van der Waals surface area contributed by atoms with Crippen molar-refractivity contribution < 1.29 is 13.2 Å². The number of nitrogens with one attached hydrogen (secondary N) is 1. The Morgan fingerprint density at radius 2 is 2.00 bits per heavy atom. The number of nitrogens with zero attached hydrogens (tertiary/aromatic N) is 2. The monoisotopic (exact) mass is 347 g/mol. The number of carbonyl (C=O) groups is 1. The van der Waals surface area contributed by atoms with E-state index in [0.717, 1.165) is 19.4 Å². The van der Waals surface area contributed by atoms with Crippen LogP contribution < -0.4 is 5.32 Å². The molecule has 1 saturated heterocycles. The molecule has 0 aliphatic carbocycles. The SMILES string of the molecule is CCCS(=O)(=O)N1CCC[C@H](C(=O)NCC(C)(C)CN(C)C)C1. The molecule has 0 aromatic rings. The van der Waals surface area contributed by atoms with Crippen LogP contribution in [0.1, 0.15) is 40.0 Å². The highest BCUT2D eigenvalue weighted by atomic mass is 32.2. The van der Waals surface area contributed by atoms with Crippen molar-refractivity contribution in [2.45, 2.75) is 40.0 Å². The minimum atomic E-state index is -3.21. The van der Waals surface area contributed by atoms with E-state index >= 15 is 0 Å². The normalized spacial score (nSPS) is 20.7. The van der Waals surface area contributed by atoms with Crippen LogP contribution in [0.15, 0.2) is 0 Å². The van der Waals surface area contributed by atoms with E-state index in [4.69, 9.17) is 0 Å². The maximum atomic E-state index is 12.4. The lowest BCUT2D eigenvalue weighted by Gasteiger charge is -2.33. The van der Waals surface area contributed by atoms with Crippen LogP contribution in [0.4, 0.5) is 0 Å². The van der Waals surface area contributed by atoms with Gasteiger partial charge in [0.15, 0.2) is 0 Å². The van der Waals surface area contributed by atoms with Crippen molar-refractivity contribution in [3.8, 4) is 0 Å². The van der Waals surface area contributed by atoms with Gasteiger partial charge in [-0.15, -0.1) is 0 Å². The van der Waals surface area contributed by atoms with Gasteiger partial charge in [-0.3, -0.25) is 4.79 Å². The lowest BCUT2D eigenvalue weighted by Crippen LogP contribution is -2.48. The lowest BCUT2D eigenvalue weighted by molar-refractivity contribution is -0.126. The third-order valence-electron chi connectivity index (χ3n) is 4.10. The fraction of sp³-hybridized carbons (Fsp3) is 0.938. The van der Waals surface area contributed by atoms with Gasteiger partial charge in [-0.25, -0.2) is 12.7 Å². The van der Waals surface area contributed by atoms with Gasteiger partial charge in [0.1, 0.15) is 0 Å². The maximum Gasteiger partial charge on any atom is 0.224 e. The van der Waals surface area contributed by atoms with Crippen LogP contribution in [0.5, 0.6) is 0 Å². The third kappa shape index (κ3) is 6.77. The van der Waals surface area contributed by atoms with Crippen LogP contribution in [0.2, 0.25) is 0 Å². The molecule has 0 saturated carbocycles. The van der Waals surface area contributed by atoms with Crippen LogP contribution in [-0.4, -0.2) is 69.6 Å². The summed E-state index contributed by atoms with van der Waals surface area (Å²) in [4.78, 5) is 14.5. The maximum absolute atomic E-state index is 12.4. The highest BCUT2D eigenvalue weighted by Gasteiger charge is 2.32. The van der Waals surface area contributed by atoms with Crippen LogP contribution >= 0.6 is 0 Å². The van der Waals surface area contributed by atoms with Crippen LogP contribution in [0.25, 0.3) is 0 Å². The first-order chi connectivity index (χ1) is 10.6. The highest BCUT2D eigenvalue weighted by Crippen LogP contribution is 2.21. The molecule has 0 aromatic carbocycles. The van der Waals surface area contributed by atoms with Gasteiger partial charge in [0.05, 0.1) is 11.7 Å². The van der Waals surface area contributed by atoms with E-state index in [2.05, 4.69) is 24.1 Å². The summed E-state index contributed by atoms with van der Waals surface area (Å²) in [6.45, 7) is 8.44. The molecule has 1 atom stereocenters. The molecule has 0 spiro atoms. The Morgan fingerprint density at radius 3 is 2.57 bits per heavy atom. The molecule has 1 heterocycles. The van der Waals surface area contributed by atoms with Gasteiger partial charge in [0.25, 0.3) is 0 Å². The molecule has 0 aromatic heterocycles. The minimum absolute atomic E-state index is 0.0121. The first-order valence-corrected chi connectivity index (χ1v) is 10.1. The van der Waals surface area contributed by atoms with Crippen molar-refractivity contribution >= 4 is 15.9 Å². The van der Waals surface area contributed by atoms with E-state index < -0.39 is 10.0 Å². The number of hydrogen-bond donors (Lipinski definition) is 1. The second-order valence-corrected chi connectivity index (χ2v) is 9.72. The zero-order valence-electron chi connectivity index (χ0n) is 15.3. The van der Waals surface area contributed by atoms with Crippen LogP contribution in [0.3, 0.4) is 0 Å². The summed E-state index contributed by atoms with van der Waals surface area (Å²) in [6, 6.07) is 0. The Bertz CT molecular complexity index is 489. The summed E-state index contributed by atoms with van der Waals surface area (Å²) in [5, 5.41) is 3.01. The predicted molar refractivity (Wildman–Crippen MR) is 93.7 cm³/mol. The fourth-order valence-corrected chi connectivity index (χ4v) is 4.77. The molecule has 1 amide bonds. The number of carbonyl (C=O) groups excluding carboxylic acids is 1. The molecule has 1 aliphatic rings. The van der Waals surface area contributed by atoms with Crippen molar-refractivity contribution in [1.29, 1.82) is 0 Å². The largest absolute Gasteiger partial charge is 0.355 e. The van der Waals surface area contributed by atoms with E-state index in [1.54, 1.807) is 0 Å². The van der Waals surface area contributed by atoms with Gasteiger partial charge in [-0.1, -0.05) is 20.8 Å². The molecule has 23 heavy (non-hydrogen) atoms. The topological polar surface area (TPSA) is 69.7 Å². The minimum Gasteiger partial charge on any atom is -0.355 e. The van der Waals surface area contributed by atoms with E-state index in [1.165, 1.54) is 4.31 Å². The zero-order chi connectivity index (χ0) is 17.7. The van der Waals surface area contributed by atoms with Gasteiger partial charge in [-0.05, 0) is 38.8 Å². The lowest BCUT2D eigenvalue weighted by atomic mass is 9.92. The van der Waals surface area contributed by atoms with Gasteiger partial charge < -0.3 is 10.2 Å². The summed E-state index contributed by atoms with van der Waals surface area (Å²) < 4.78 is 25.9. The van der Waals surface area contributed by atoms with E-state index in [-0.39, 0.29) is 23.0 Å². The number of sulfonamides is 1. The van der Waals surface area contributed by atoms with Crippen LogP contribution in [0, 0.1) is 11.3 Å². The molecule has 1 N–H and O–H groups in total. The van der Waals surface area contributed by atoms with Gasteiger partial charge in [0, 0.05) is 26.2 Å². The van der Waals surface area contributed by atoms with Crippen molar-refractivity contribution in [2.75, 3.05) is 46.0 Å². The molecule has 6 nitrogen and oxygen atoms in total. The Kier molecular flexibility index (Phi) is 7.48. The Morgan fingerprint density at radius 1 is 1.35 bits per heavy atom. The van der Waals surface area contributed by atoms with Crippen molar-refractivity contribution in [3.05, 3.63) is 0 Å². The average molecular weight is 348 g/mol. The predicted octanol–water partition coefficient (Wildman–Crippen LogP) is 1.14. The standard InChI is InChI=1S/C16H33N3O3S/c1-6-10-23(21,22)19-9-7-8-14(11-19)15(20)17-12-16(2,3)13-18(4)5/h14H,6-13H2,1-5H3,(H,17,20)/t14-/m0/s1. The van der Waals surface area contributed by atoms with Gasteiger partial charge in [0.2, 0.25) is 15.9 Å². The second kappa shape index (κ2) is 8.44. The first kappa shape index (κ1) is 20.4. The average Bonchev–Trinajstić information content (AvgIpc) is 2.43. The quantitative estimate of drug-likeness (QED) is 0.715. The summed E-state index contributed by atoms with van der Waals surface area (Å²) >= 11 is 0. The number of amides is 1. The van der Waals surface area contributed by atoms with E-state index in [0.29, 0.717) is 26.1 Å². The Labute approximate surface area is 141 Å². The third-order valence-corrected chi connectivity index (χ3v) is 6.14. The molecule has 136 valence electrons. The first-order valence-electron chi connectivity index (χ1n) is 8.47. The molecular weight excluding hydrogens is 314 g/mol. The molecule has 1 aliphatic heterocycles. The molecule has 0 unspecified atom stereocenters. The molecule has 0 bridgehead atoms.